The average molecular weight is 311 g/mol. The van der Waals surface area contributed by atoms with Gasteiger partial charge in [0.2, 0.25) is 0 Å². The van der Waals surface area contributed by atoms with Gasteiger partial charge in [0.05, 0.1) is 0 Å². The van der Waals surface area contributed by atoms with Gasteiger partial charge in [-0.25, -0.2) is 0 Å². The Morgan fingerprint density at radius 1 is 0.545 bits per heavy atom. The molecule has 22 heavy (non-hydrogen) atoms. The first-order valence-electron chi connectivity index (χ1n) is 7.10. The summed E-state index contributed by atoms with van der Waals surface area (Å²) in [6.07, 6.45) is 0. The first-order valence-corrected chi connectivity index (χ1v) is 8.94. The fourth-order valence-electron chi connectivity index (χ4n) is 2.45. The zero-order valence-electron chi connectivity index (χ0n) is 12.0. The van der Waals surface area contributed by atoms with E-state index in [-0.39, 0.29) is 0 Å². The zero-order valence-corrected chi connectivity index (χ0v) is 13.0. The summed E-state index contributed by atoms with van der Waals surface area (Å²) in [7, 11) is -3.86. The van der Waals surface area contributed by atoms with Crippen LogP contribution in [-0.4, -0.2) is 9.79 Å². The minimum absolute atomic E-state index is 0.544. The van der Waals surface area contributed by atoms with Crippen molar-refractivity contribution < 1.29 is 9.79 Å². The second-order valence-corrected chi connectivity index (χ2v) is 7.30. The molecule has 0 spiro atoms. The number of benzene rings is 3. The molecular weight excluding hydrogens is 293 g/mol. The van der Waals surface area contributed by atoms with Gasteiger partial charge in [0.1, 0.15) is 0 Å². The number of hydrogen-bond acceptors (Lipinski definition) is 3. The van der Waals surface area contributed by atoms with E-state index in [2.05, 4.69) is 0 Å². The molecule has 0 saturated carbocycles. The molecule has 0 amide bonds. The molecule has 112 valence electrons. The first-order chi connectivity index (χ1) is 10.7. The molecule has 3 aromatic rings. The minimum atomic E-state index is -3.86. The van der Waals surface area contributed by atoms with Gasteiger partial charge in [-0.1, -0.05) is 0 Å². The Balaban J connectivity index is 2.14. The fourth-order valence-corrected chi connectivity index (χ4v) is 4.37. The fraction of sp³-hybridized carbons (Fsp3) is 0. The second-order valence-electron chi connectivity index (χ2n) is 5.01. The van der Waals surface area contributed by atoms with Crippen LogP contribution in [-0.2, 0) is 0 Å². The van der Waals surface area contributed by atoms with Crippen LogP contribution >= 0.6 is 7.87 Å². The van der Waals surface area contributed by atoms with Crippen LogP contribution < -0.4 is 9.97 Å². The Morgan fingerprint density at radius 3 is 1.32 bits per heavy atom. The molecule has 3 rings (SSSR count). The molecule has 2 N–H and O–H groups in total. The molecule has 0 aliphatic rings. The number of rotatable bonds is 4. The van der Waals surface area contributed by atoms with E-state index in [1.807, 2.05) is 78.9 Å². The third-order valence-electron chi connectivity index (χ3n) is 3.50. The molecule has 0 bridgehead atoms. The van der Waals surface area contributed by atoms with Crippen molar-refractivity contribution in [3.8, 4) is 0 Å². The van der Waals surface area contributed by atoms with Crippen LogP contribution in [0.1, 0.15) is 0 Å². The molecule has 0 fully saturated rings. The summed E-state index contributed by atoms with van der Waals surface area (Å²) >= 11 is 0. The predicted molar refractivity (Wildman–Crippen MR) is 93.9 cm³/mol. The van der Waals surface area contributed by atoms with E-state index in [4.69, 9.17) is 0 Å². The monoisotopic (exact) mass is 311 g/mol. The van der Waals surface area contributed by atoms with Crippen LogP contribution in [0.3, 0.4) is 0 Å². The molecule has 0 saturated heterocycles. The number of nitrogens with zero attached hydrogens (tertiary/aromatic N) is 1. The van der Waals surface area contributed by atoms with Gasteiger partial charge in [-0.15, -0.1) is 0 Å². The Hall–Kier alpha value is -2.19. The average Bonchev–Trinajstić information content (AvgIpc) is 2.58. The number of hydrogen-bond donors (Lipinski definition) is 2. The van der Waals surface area contributed by atoms with Gasteiger partial charge in [0.15, 0.2) is 0 Å². The Bertz CT molecular complexity index is 678. The van der Waals surface area contributed by atoms with Crippen molar-refractivity contribution in [2.45, 2.75) is 0 Å². The van der Waals surface area contributed by atoms with Crippen molar-refractivity contribution in [3.05, 3.63) is 91.0 Å². The molecular formula is C18H18NO2P. The van der Waals surface area contributed by atoms with E-state index in [0.29, 0.717) is 5.30 Å². The van der Waals surface area contributed by atoms with E-state index in [1.54, 1.807) is 16.8 Å². The first kappa shape index (κ1) is 14.7. The third kappa shape index (κ3) is 2.88. The van der Waals surface area contributed by atoms with Crippen molar-refractivity contribution in [1.82, 2.24) is 0 Å². The molecule has 0 heterocycles. The molecule has 0 aromatic heterocycles. The zero-order chi connectivity index (χ0) is 15.4. The molecule has 4 heteroatoms. The van der Waals surface area contributed by atoms with Crippen molar-refractivity contribution in [2.75, 3.05) is 4.67 Å². The standard InChI is InChI=1S/C18H18NO2P/c20-22(21,18-14-8-3-9-15-18)19(16-10-4-1-5-11-16)17-12-6-2-7-13-17/h1-15,20-22H. The van der Waals surface area contributed by atoms with E-state index in [9.17, 15) is 9.79 Å². The van der Waals surface area contributed by atoms with Crippen molar-refractivity contribution in [2.24, 2.45) is 0 Å². The Kier molecular flexibility index (Phi) is 4.21. The van der Waals surface area contributed by atoms with Gasteiger partial charge in [-0.3, -0.25) is 0 Å². The summed E-state index contributed by atoms with van der Waals surface area (Å²) in [5, 5.41) is 0.544. The van der Waals surface area contributed by atoms with Crippen molar-refractivity contribution in [1.29, 1.82) is 0 Å². The normalized spacial score (nSPS) is 11.9. The summed E-state index contributed by atoms with van der Waals surface area (Å²) in [6, 6.07) is 27.9. The van der Waals surface area contributed by atoms with Gasteiger partial charge in [0, 0.05) is 0 Å². The third-order valence-corrected chi connectivity index (χ3v) is 5.75. The van der Waals surface area contributed by atoms with Gasteiger partial charge >= 0.3 is 130 Å². The quantitative estimate of drug-likeness (QED) is 0.723. The van der Waals surface area contributed by atoms with Crippen LogP contribution in [0.2, 0.25) is 0 Å². The molecule has 0 unspecified atom stereocenters. The SMILES string of the molecule is O[PH](O)(c1ccccc1)N(c1ccccc1)c1ccccc1. The van der Waals surface area contributed by atoms with Crippen LogP contribution in [0.15, 0.2) is 91.0 Å². The molecule has 0 atom stereocenters. The Morgan fingerprint density at radius 2 is 0.909 bits per heavy atom. The molecule has 0 radical (unpaired) electrons. The molecule has 3 nitrogen and oxygen atoms in total. The van der Waals surface area contributed by atoms with Crippen LogP contribution in [0.25, 0.3) is 0 Å². The van der Waals surface area contributed by atoms with Gasteiger partial charge in [-0.2, -0.15) is 0 Å². The van der Waals surface area contributed by atoms with Crippen LogP contribution in [0.5, 0.6) is 0 Å². The van der Waals surface area contributed by atoms with E-state index in [1.165, 1.54) is 0 Å². The van der Waals surface area contributed by atoms with Gasteiger partial charge in [0.25, 0.3) is 0 Å². The molecule has 0 aliphatic carbocycles. The van der Waals surface area contributed by atoms with E-state index < -0.39 is 7.87 Å². The van der Waals surface area contributed by atoms with E-state index in [0.717, 1.165) is 11.4 Å². The summed E-state index contributed by atoms with van der Waals surface area (Å²) in [6.45, 7) is 0. The van der Waals surface area contributed by atoms with Crippen molar-refractivity contribution in [3.63, 3.8) is 0 Å². The maximum absolute atomic E-state index is 11.0. The summed E-state index contributed by atoms with van der Waals surface area (Å²) < 4.78 is 1.64. The van der Waals surface area contributed by atoms with Gasteiger partial charge in [-0.05, 0) is 0 Å². The molecule has 0 aliphatic heterocycles. The number of anilines is 2. The predicted octanol–water partition coefficient (Wildman–Crippen LogP) is 3.63. The van der Waals surface area contributed by atoms with Gasteiger partial charge < -0.3 is 0 Å². The second kappa shape index (κ2) is 6.29. The molecule has 3 aromatic carbocycles. The number of para-hydroxylation sites is 2. The summed E-state index contributed by atoms with van der Waals surface area (Å²) in [5.41, 5.74) is 1.52. The van der Waals surface area contributed by atoms with E-state index >= 15 is 0 Å². The summed E-state index contributed by atoms with van der Waals surface area (Å²) in [4.78, 5) is 21.9. The van der Waals surface area contributed by atoms with Crippen molar-refractivity contribution >= 4 is 24.5 Å². The van der Waals surface area contributed by atoms with Crippen LogP contribution in [0, 0.1) is 0 Å². The maximum atomic E-state index is 11.0. The Labute approximate surface area is 130 Å². The topological polar surface area (TPSA) is 43.7 Å². The summed E-state index contributed by atoms with van der Waals surface area (Å²) in [5.74, 6) is 0. The van der Waals surface area contributed by atoms with Crippen LogP contribution in [0.4, 0.5) is 11.4 Å².